The van der Waals surface area contributed by atoms with Crippen LogP contribution in [0, 0.1) is 0 Å². The average Bonchev–Trinajstić information content (AvgIpc) is 3.40. The molecule has 4 rings (SSSR count). The van der Waals surface area contributed by atoms with Crippen LogP contribution in [-0.4, -0.2) is 64.6 Å². The molecular formula is C19H25N5O2. The van der Waals surface area contributed by atoms with E-state index in [9.17, 15) is 4.79 Å². The van der Waals surface area contributed by atoms with E-state index in [1.54, 1.807) is 0 Å². The van der Waals surface area contributed by atoms with Gasteiger partial charge in [0.25, 0.3) is 0 Å². The fourth-order valence-corrected chi connectivity index (χ4v) is 3.71. The number of benzene rings is 1. The Morgan fingerprint density at radius 3 is 2.69 bits per heavy atom. The maximum atomic E-state index is 12.5. The number of carbonyl (C=O) groups is 1. The number of nitrogens with one attached hydrogen (secondary N) is 1. The summed E-state index contributed by atoms with van der Waals surface area (Å²) in [5, 5.41) is 7.41. The second-order valence-corrected chi connectivity index (χ2v) is 7.01. The van der Waals surface area contributed by atoms with Crippen molar-refractivity contribution < 1.29 is 9.32 Å². The van der Waals surface area contributed by atoms with Crippen LogP contribution < -0.4 is 5.32 Å². The van der Waals surface area contributed by atoms with Crippen LogP contribution in [0.15, 0.2) is 34.9 Å². The third-order valence-electron chi connectivity index (χ3n) is 5.36. The van der Waals surface area contributed by atoms with Crippen LogP contribution in [0.3, 0.4) is 0 Å². The SMILES string of the molecule is CC(c1nc(-c2ccccc2)no1)N1CCN(C(=O)C2CCCN2)CC1. The zero-order valence-corrected chi connectivity index (χ0v) is 15.1. The average molecular weight is 355 g/mol. The maximum absolute atomic E-state index is 12.5. The molecule has 0 saturated carbocycles. The van der Waals surface area contributed by atoms with Gasteiger partial charge in [0.2, 0.25) is 17.6 Å². The molecule has 3 heterocycles. The Morgan fingerprint density at radius 2 is 2.00 bits per heavy atom. The summed E-state index contributed by atoms with van der Waals surface area (Å²) in [4.78, 5) is 21.4. The lowest BCUT2D eigenvalue weighted by atomic mass is 10.1. The van der Waals surface area contributed by atoms with Gasteiger partial charge in [0, 0.05) is 31.7 Å². The number of rotatable bonds is 4. The first kappa shape index (κ1) is 17.2. The molecule has 0 bridgehead atoms. The summed E-state index contributed by atoms with van der Waals surface area (Å²) in [6, 6.07) is 9.90. The molecule has 2 unspecified atom stereocenters. The normalized spacial score (nSPS) is 22.5. The molecular weight excluding hydrogens is 330 g/mol. The van der Waals surface area contributed by atoms with Crippen LogP contribution in [0.25, 0.3) is 11.4 Å². The second-order valence-electron chi connectivity index (χ2n) is 7.01. The van der Waals surface area contributed by atoms with Crippen molar-refractivity contribution in [2.24, 2.45) is 0 Å². The van der Waals surface area contributed by atoms with E-state index in [2.05, 4.69) is 27.3 Å². The molecule has 2 fully saturated rings. The predicted octanol–water partition coefficient (Wildman–Crippen LogP) is 1.69. The first-order valence-corrected chi connectivity index (χ1v) is 9.37. The third-order valence-corrected chi connectivity index (χ3v) is 5.36. The molecule has 2 aromatic rings. The molecule has 1 aromatic carbocycles. The van der Waals surface area contributed by atoms with Gasteiger partial charge in [0.15, 0.2) is 0 Å². The summed E-state index contributed by atoms with van der Waals surface area (Å²) in [7, 11) is 0. The molecule has 2 aliphatic rings. The van der Waals surface area contributed by atoms with Gasteiger partial charge in [-0.3, -0.25) is 9.69 Å². The van der Waals surface area contributed by atoms with Crippen LogP contribution in [0.5, 0.6) is 0 Å². The van der Waals surface area contributed by atoms with E-state index in [0.29, 0.717) is 11.7 Å². The largest absolute Gasteiger partial charge is 0.339 e. The monoisotopic (exact) mass is 355 g/mol. The van der Waals surface area contributed by atoms with Crippen LogP contribution >= 0.6 is 0 Å². The van der Waals surface area contributed by atoms with Crippen LogP contribution in [0.4, 0.5) is 0 Å². The fraction of sp³-hybridized carbons (Fsp3) is 0.526. The van der Waals surface area contributed by atoms with Gasteiger partial charge in [-0.25, -0.2) is 0 Å². The van der Waals surface area contributed by atoms with Gasteiger partial charge in [-0.05, 0) is 26.3 Å². The maximum Gasteiger partial charge on any atom is 0.244 e. The molecule has 7 nitrogen and oxygen atoms in total. The lowest BCUT2D eigenvalue weighted by molar-refractivity contribution is -0.135. The third kappa shape index (κ3) is 3.50. The molecule has 2 saturated heterocycles. The van der Waals surface area contributed by atoms with E-state index in [4.69, 9.17) is 4.52 Å². The van der Waals surface area contributed by atoms with E-state index >= 15 is 0 Å². The lowest BCUT2D eigenvalue weighted by Gasteiger charge is -2.37. The van der Waals surface area contributed by atoms with E-state index in [1.807, 2.05) is 35.2 Å². The van der Waals surface area contributed by atoms with Gasteiger partial charge in [-0.15, -0.1) is 0 Å². The Kier molecular flexibility index (Phi) is 4.99. The summed E-state index contributed by atoms with van der Waals surface area (Å²) in [5.41, 5.74) is 0.953. The summed E-state index contributed by atoms with van der Waals surface area (Å²) >= 11 is 0. The van der Waals surface area contributed by atoms with Crippen molar-refractivity contribution in [3.63, 3.8) is 0 Å². The molecule has 0 aliphatic carbocycles. The number of hydrogen-bond donors (Lipinski definition) is 1. The highest BCUT2D eigenvalue weighted by Gasteiger charge is 2.31. The van der Waals surface area contributed by atoms with Crippen LogP contribution in [-0.2, 0) is 4.79 Å². The highest BCUT2D eigenvalue weighted by molar-refractivity contribution is 5.82. The molecule has 2 aliphatic heterocycles. The van der Waals surface area contributed by atoms with Crippen molar-refractivity contribution in [2.75, 3.05) is 32.7 Å². The van der Waals surface area contributed by atoms with Crippen molar-refractivity contribution in [1.82, 2.24) is 25.3 Å². The predicted molar refractivity (Wildman–Crippen MR) is 97.3 cm³/mol. The summed E-state index contributed by atoms with van der Waals surface area (Å²) in [6.45, 7) is 6.18. The van der Waals surface area contributed by atoms with Crippen LogP contribution in [0.1, 0.15) is 31.7 Å². The Bertz CT molecular complexity index is 733. The second kappa shape index (κ2) is 7.55. The van der Waals surface area contributed by atoms with Crippen molar-refractivity contribution >= 4 is 5.91 Å². The standard InChI is InChI=1S/C19H25N5O2/c1-14(18-21-17(22-26-18)15-6-3-2-4-7-15)23-10-12-24(13-11-23)19(25)16-8-5-9-20-16/h2-4,6-7,14,16,20H,5,8-13H2,1H3. The van der Waals surface area contributed by atoms with Crippen molar-refractivity contribution in [3.8, 4) is 11.4 Å². The molecule has 0 radical (unpaired) electrons. The van der Waals surface area contributed by atoms with Crippen LogP contribution in [0.2, 0.25) is 0 Å². The number of amides is 1. The van der Waals surface area contributed by atoms with E-state index in [0.717, 1.165) is 51.1 Å². The molecule has 0 spiro atoms. The highest BCUT2D eigenvalue weighted by atomic mass is 16.5. The van der Waals surface area contributed by atoms with Gasteiger partial charge in [-0.2, -0.15) is 4.98 Å². The number of nitrogens with zero attached hydrogens (tertiary/aromatic N) is 4. The minimum Gasteiger partial charge on any atom is -0.339 e. The summed E-state index contributed by atoms with van der Waals surface area (Å²) in [6.07, 6.45) is 2.05. The van der Waals surface area contributed by atoms with Crippen molar-refractivity contribution in [2.45, 2.75) is 31.8 Å². The zero-order valence-electron chi connectivity index (χ0n) is 15.1. The summed E-state index contributed by atoms with van der Waals surface area (Å²) < 4.78 is 5.50. The van der Waals surface area contributed by atoms with Gasteiger partial charge >= 0.3 is 0 Å². The van der Waals surface area contributed by atoms with E-state index in [1.165, 1.54) is 0 Å². The molecule has 2 atom stereocenters. The Morgan fingerprint density at radius 1 is 1.23 bits per heavy atom. The molecule has 26 heavy (non-hydrogen) atoms. The molecule has 1 amide bonds. The Balaban J connectivity index is 1.36. The topological polar surface area (TPSA) is 74.5 Å². The lowest BCUT2D eigenvalue weighted by Crippen LogP contribution is -2.53. The number of aromatic nitrogens is 2. The van der Waals surface area contributed by atoms with Crippen molar-refractivity contribution in [3.05, 3.63) is 36.2 Å². The minimum absolute atomic E-state index is 0.0170. The first-order valence-electron chi connectivity index (χ1n) is 9.37. The fourth-order valence-electron chi connectivity index (χ4n) is 3.71. The number of carbonyl (C=O) groups excluding carboxylic acids is 1. The Labute approximate surface area is 153 Å². The van der Waals surface area contributed by atoms with Gasteiger partial charge in [-0.1, -0.05) is 35.5 Å². The smallest absolute Gasteiger partial charge is 0.244 e. The van der Waals surface area contributed by atoms with Crippen molar-refractivity contribution in [1.29, 1.82) is 0 Å². The number of hydrogen-bond acceptors (Lipinski definition) is 6. The molecule has 138 valence electrons. The highest BCUT2D eigenvalue weighted by Crippen LogP contribution is 2.23. The quantitative estimate of drug-likeness (QED) is 0.900. The minimum atomic E-state index is 0.0170. The zero-order chi connectivity index (χ0) is 17.9. The van der Waals surface area contributed by atoms with E-state index < -0.39 is 0 Å². The molecule has 7 heteroatoms. The first-order chi connectivity index (χ1) is 12.7. The number of piperazine rings is 1. The summed E-state index contributed by atoms with van der Waals surface area (Å²) in [5.74, 6) is 1.49. The molecule has 1 N–H and O–H groups in total. The van der Waals surface area contributed by atoms with Gasteiger partial charge < -0.3 is 14.7 Å². The van der Waals surface area contributed by atoms with Gasteiger partial charge in [0.1, 0.15) is 0 Å². The van der Waals surface area contributed by atoms with Gasteiger partial charge in [0.05, 0.1) is 12.1 Å². The Hall–Kier alpha value is -2.25. The van der Waals surface area contributed by atoms with E-state index in [-0.39, 0.29) is 18.0 Å². The molecule has 1 aromatic heterocycles.